The Hall–Kier alpha value is -1.39. The minimum atomic E-state index is -0.301. The molecule has 0 heterocycles. The number of hydrogen-bond acceptors (Lipinski definition) is 3. The van der Waals surface area contributed by atoms with Crippen molar-refractivity contribution in [3.05, 3.63) is 35.4 Å². The molecule has 2 N–H and O–H groups in total. The monoisotopic (exact) mass is 250 g/mol. The number of aryl methyl sites for hydroxylation is 1. The van der Waals surface area contributed by atoms with Crippen LogP contribution in [0.2, 0.25) is 0 Å². The van der Waals surface area contributed by atoms with Gasteiger partial charge in [-0.25, -0.2) is 0 Å². The molecule has 1 rings (SSSR count). The summed E-state index contributed by atoms with van der Waals surface area (Å²) in [4.78, 5) is 0. The minimum absolute atomic E-state index is 0.301. The van der Waals surface area contributed by atoms with E-state index in [1.54, 1.807) is 0 Å². The van der Waals surface area contributed by atoms with Crippen molar-refractivity contribution >= 4 is 5.84 Å². The Morgan fingerprint density at radius 2 is 1.94 bits per heavy atom. The molecule has 100 valence electrons. The van der Waals surface area contributed by atoms with E-state index in [1.165, 1.54) is 0 Å². The zero-order valence-electron chi connectivity index (χ0n) is 11.3. The molecule has 0 radical (unpaired) electrons. The number of ether oxygens (including phenoxy) is 2. The van der Waals surface area contributed by atoms with E-state index in [4.69, 9.17) is 14.9 Å². The maximum absolute atomic E-state index is 7.96. The average molecular weight is 250 g/mol. The first-order chi connectivity index (χ1) is 8.67. The Morgan fingerprint density at radius 3 is 2.50 bits per heavy atom. The summed E-state index contributed by atoms with van der Waals surface area (Å²) in [7, 11) is 0. The fourth-order valence-corrected chi connectivity index (χ4v) is 1.63. The Balaban J connectivity index is 2.49. The van der Waals surface area contributed by atoms with Crippen molar-refractivity contribution in [2.24, 2.45) is 0 Å². The Kier molecular flexibility index (Phi) is 6.39. The van der Waals surface area contributed by atoms with Crippen LogP contribution in [0.25, 0.3) is 0 Å². The zero-order valence-corrected chi connectivity index (χ0v) is 11.3. The van der Waals surface area contributed by atoms with Crippen molar-refractivity contribution in [2.75, 3.05) is 19.8 Å². The predicted octanol–water partition coefficient (Wildman–Crippen LogP) is 2.31. The predicted molar refractivity (Wildman–Crippen MR) is 73.1 cm³/mol. The lowest BCUT2D eigenvalue weighted by atomic mass is 10.1. The molecule has 0 aliphatic heterocycles. The van der Waals surface area contributed by atoms with Crippen molar-refractivity contribution in [2.45, 2.75) is 27.1 Å². The third-order valence-corrected chi connectivity index (χ3v) is 2.46. The van der Waals surface area contributed by atoms with Crippen LogP contribution in [-0.2, 0) is 9.47 Å². The second-order valence-corrected chi connectivity index (χ2v) is 3.97. The molecule has 1 aromatic carbocycles. The van der Waals surface area contributed by atoms with Crippen molar-refractivity contribution < 1.29 is 9.47 Å². The third-order valence-electron chi connectivity index (χ3n) is 2.46. The largest absolute Gasteiger partial charge is 0.365 e. The van der Waals surface area contributed by atoms with Crippen LogP contribution in [0.1, 0.15) is 25.0 Å². The van der Waals surface area contributed by atoms with Gasteiger partial charge in [-0.05, 0) is 26.8 Å². The van der Waals surface area contributed by atoms with Gasteiger partial charge >= 0.3 is 0 Å². The van der Waals surface area contributed by atoms with E-state index < -0.39 is 0 Å². The SMILES string of the molecule is CCOC(CNC(=N)c1cccc(C)c1)OCC. The zero-order chi connectivity index (χ0) is 13.4. The van der Waals surface area contributed by atoms with Gasteiger partial charge in [0.05, 0.1) is 6.54 Å². The summed E-state index contributed by atoms with van der Waals surface area (Å²) < 4.78 is 10.8. The third kappa shape index (κ3) is 4.85. The first-order valence-electron chi connectivity index (χ1n) is 6.30. The molecule has 0 aliphatic carbocycles. The molecule has 0 amide bonds. The molecule has 18 heavy (non-hydrogen) atoms. The van der Waals surface area contributed by atoms with E-state index in [0.717, 1.165) is 11.1 Å². The normalized spacial score (nSPS) is 10.7. The van der Waals surface area contributed by atoms with Gasteiger partial charge < -0.3 is 14.8 Å². The van der Waals surface area contributed by atoms with Crippen LogP contribution in [-0.4, -0.2) is 31.9 Å². The van der Waals surface area contributed by atoms with Gasteiger partial charge in [0.15, 0.2) is 6.29 Å². The second kappa shape index (κ2) is 7.84. The summed E-state index contributed by atoms with van der Waals surface area (Å²) in [6, 6.07) is 7.85. The van der Waals surface area contributed by atoms with Gasteiger partial charge in [-0.2, -0.15) is 0 Å². The van der Waals surface area contributed by atoms with Gasteiger partial charge in [0.25, 0.3) is 0 Å². The topological polar surface area (TPSA) is 54.3 Å². The minimum Gasteiger partial charge on any atom is -0.365 e. The highest BCUT2D eigenvalue weighted by molar-refractivity contribution is 5.96. The molecule has 0 aliphatic rings. The number of hydrogen-bond donors (Lipinski definition) is 2. The molecule has 0 fully saturated rings. The van der Waals surface area contributed by atoms with E-state index in [1.807, 2.05) is 45.0 Å². The summed E-state index contributed by atoms with van der Waals surface area (Å²) in [6.45, 7) is 7.55. The highest BCUT2D eigenvalue weighted by atomic mass is 16.7. The molecule has 0 atom stereocenters. The average Bonchev–Trinajstić information content (AvgIpc) is 2.36. The molecular weight excluding hydrogens is 228 g/mol. The van der Waals surface area contributed by atoms with Gasteiger partial charge in [-0.15, -0.1) is 0 Å². The van der Waals surface area contributed by atoms with Gasteiger partial charge in [0, 0.05) is 18.8 Å². The standard InChI is InChI=1S/C14H22N2O2/c1-4-17-13(18-5-2)10-16-14(15)12-8-6-7-11(3)9-12/h6-9,13H,4-5,10H2,1-3H3,(H2,15,16). The Bertz CT molecular complexity index is 374. The first-order valence-corrected chi connectivity index (χ1v) is 6.30. The van der Waals surface area contributed by atoms with Crippen LogP contribution < -0.4 is 5.32 Å². The molecule has 1 aromatic rings. The van der Waals surface area contributed by atoms with Crippen molar-refractivity contribution in [3.63, 3.8) is 0 Å². The van der Waals surface area contributed by atoms with E-state index in [9.17, 15) is 0 Å². The van der Waals surface area contributed by atoms with Crippen LogP contribution in [0, 0.1) is 12.3 Å². The van der Waals surface area contributed by atoms with Crippen LogP contribution in [0.15, 0.2) is 24.3 Å². The molecular formula is C14H22N2O2. The summed E-state index contributed by atoms with van der Waals surface area (Å²) >= 11 is 0. The first kappa shape index (κ1) is 14.7. The molecule has 0 saturated heterocycles. The maximum atomic E-state index is 7.96. The number of benzene rings is 1. The molecule has 0 spiro atoms. The lowest BCUT2D eigenvalue weighted by Crippen LogP contribution is -2.35. The Morgan fingerprint density at radius 1 is 1.28 bits per heavy atom. The van der Waals surface area contributed by atoms with E-state index in [-0.39, 0.29) is 6.29 Å². The fraction of sp³-hybridized carbons (Fsp3) is 0.500. The lowest BCUT2D eigenvalue weighted by Gasteiger charge is -2.18. The summed E-state index contributed by atoms with van der Waals surface area (Å²) in [5, 5.41) is 11.0. The van der Waals surface area contributed by atoms with E-state index >= 15 is 0 Å². The van der Waals surface area contributed by atoms with Crippen LogP contribution in [0.3, 0.4) is 0 Å². The fourth-order valence-electron chi connectivity index (χ4n) is 1.63. The summed E-state index contributed by atoms with van der Waals surface area (Å²) in [5.41, 5.74) is 2.02. The molecule has 0 bridgehead atoms. The van der Waals surface area contributed by atoms with Gasteiger partial charge in [-0.1, -0.05) is 23.8 Å². The second-order valence-electron chi connectivity index (χ2n) is 3.97. The molecule has 4 heteroatoms. The van der Waals surface area contributed by atoms with Gasteiger partial charge in [0.2, 0.25) is 0 Å². The molecule has 0 saturated carbocycles. The lowest BCUT2D eigenvalue weighted by molar-refractivity contribution is -0.131. The quantitative estimate of drug-likeness (QED) is 0.443. The number of amidine groups is 1. The molecule has 0 aromatic heterocycles. The van der Waals surface area contributed by atoms with Crippen LogP contribution in [0.4, 0.5) is 0 Å². The summed E-state index contributed by atoms with van der Waals surface area (Å²) in [6.07, 6.45) is -0.301. The van der Waals surface area contributed by atoms with E-state index in [2.05, 4.69) is 5.32 Å². The highest BCUT2D eigenvalue weighted by Gasteiger charge is 2.09. The number of rotatable bonds is 7. The van der Waals surface area contributed by atoms with Crippen molar-refractivity contribution in [3.8, 4) is 0 Å². The smallest absolute Gasteiger partial charge is 0.174 e. The summed E-state index contributed by atoms with van der Waals surface area (Å²) in [5.74, 6) is 0.392. The van der Waals surface area contributed by atoms with Crippen molar-refractivity contribution in [1.82, 2.24) is 5.32 Å². The van der Waals surface area contributed by atoms with Crippen molar-refractivity contribution in [1.29, 1.82) is 5.41 Å². The van der Waals surface area contributed by atoms with Crippen LogP contribution >= 0.6 is 0 Å². The number of nitrogens with one attached hydrogen (secondary N) is 2. The molecule has 0 unspecified atom stereocenters. The van der Waals surface area contributed by atoms with Gasteiger partial charge in [0.1, 0.15) is 5.84 Å². The maximum Gasteiger partial charge on any atom is 0.174 e. The van der Waals surface area contributed by atoms with Crippen LogP contribution in [0.5, 0.6) is 0 Å². The van der Waals surface area contributed by atoms with E-state index in [0.29, 0.717) is 25.6 Å². The Labute approximate surface area is 109 Å². The highest BCUT2D eigenvalue weighted by Crippen LogP contribution is 2.03. The van der Waals surface area contributed by atoms with Gasteiger partial charge in [-0.3, -0.25) is 5.41 Å². The molecule has 4 nitrogen and oxygen atoms in total.